The summed E-state index contributed by atoms with van der Waals surface area (Å²) in [6.45, 7) is 4.11. The van der Waals surface area contributed by atoms with E-state index in [4.69, 9.17) is 9.98 Å². The van der Waals surface area contributed by atoms with E-state index in [9.17, 15) is 10.2 Å². The number of aliphatic imine (C=N–C) groups is 2. The summed E-state index contributed by atoms with van der Waals surface area (Å²) in [6.07, 6.45) is 11.0. The van der Waals surface area contributed by atoms with Crippen LogP contribution >= 0.6 is 0 Å². The quantitative estimate of drug-likeness (QED) is 0.375. The van der Waals surface area contributed by atoms with Crippen molar-refractivity contribution in [3.63, 3.8) is 0 Å². The molecule has 182 valence electrons. The number of rotatable bonds is 4. The van der Waals surface area contributed by atoms with Crippen LogP contribution in [0.25, 0.3) is 0 Å². The van der Waals surface area contributed by atoms with Crippen molar-refractivity contribution in [1.82, 2.24) is 0 Å². The highest BCUT2D eigenvalue weighted by Gasteiger charge is 2.38. The third-order valence-corrected chi connectivity index (χ3v) is 9.19. The summed E-state index contributed by atoms with van der Waals surface area (Å²) in [4.78, 5) is 9.64. The van der Waals surface area contributed by atoms with E-state index in [0.717, 1.165) is 33.6 Å². The van der Waals surface area contributed by atoms with Crippen molar-refractivity contribution in [3.8, 4) is 11.5 Å². The molecule has 7 rings (SSSR count). The van der Waals surface area contributed by atoms with Crippen molar-refractivity contribution >= 4 is 23.8 Å². The number of benzene rings is 3. The molecule has 4 aliphatic rings. The summed E-state index contributed by atoms with van der Waals surface area (Å²) in [5.41, 5.74) is 10.7. The predicted molar refractivity (Wildman–Crippen MR) is 145 cm³/mol. The zero-order valence-corrected chi connectivity index (χ0v) is 21.0. The van der Waals surface area contributed by atoms with Gasteiger partial charge in [-0.05, 0) is 140 Å². The summed E-state index contributed by atoms with van der Waals surface area (Å²) >= 11 is 0. The number of fused-ring (bicyclic) bond motifs is 10. The Morgan fingerprint density at radius 3 is 1.64 bits per heavy atom. The summed E-state index contributed by atoms with van der Waals surface area (Å²) in [6, 6.07) is 12.3. The Hall–Kier alpha value is -3.40. The van der Waals surface area contributed by atoms with Crippen LogP contribution in [0.5, 0.6) is 11.5 Å². The lowest BCUT2D eigenvalue weighted by molar-refractivity contribution is 0.472. The summed E-state index contributed by atoms with van der Waals surface area (Å²) in [7, 11) is 0. The van der Waals surface area contributed by atoms with Gasteiger partial charge in [0.25, 0.3) is 0 Å². The number of aromatic hydroxyl groups is 2. The molecule has 2 saturated carbocycles. The molecular formula is C32H32N2O2. The highest BCUT2D eigenvalue weighted by Crippen LogP contribution is 2.55. The standard InChI is InChI=1S/C32H32N2O2/c1-17-7-18(2)32(34-16-24-12-26-20-4-6-22(10-20)28(26)14-31(24)36)29(8-17)33-15-23-11-25-19-3-5-21(9-19)27(25)13-30(23)35/h7-8,11-16,19-22,35-36H,3-6,9-10H2,1-2H3. The fourth-order valence-electron chi connectivity index (χ4n) is 7.47. The molecule has 2 fully saturated rings. The molecule has 2 N–H and O–H groups in total. The maximum Gasteiger partial charge on any atom is 0.124 e. The third-order valence-electron chi connectivity index (χ3n) is 9.19. The minimum Gasteiger partial charge on any atom is -0.507 e. The summed E-state index contributed by atoms with van der Waals surface area (Å²) in [5, 5.41) is 21.4. The minimum absolute atomic E-state index is 0.303. The first kappa shape index (κ1) is 21.8. The highest BCUT2D eigenvalue weighted by atomic mass is 16.3. The molecule has 0 spiro atoms. The van der Waals surface area contributed by atoms with E-state index < -0.39 is 0 Å². The van der Waals surface area contributed by atoms with Gasteiger partial charge in [-0.25, -0.2) is 0 Å². The second-order valence-corrected chi connectivity index (χ2v) is 11.5. The van der Waals surface area contributed by atoms with Crippen LogP contribution in [0.15, 0.2) is 46.4 Å². The molecular weight excluding hydrogens is 444 g/mol. The Morgan fingerprint density at radius 1 is 0.639 bits per heavy atom. The fraction of sp³-hybridized carbons (Fsp3) is 0.375. The van der Waals surface area contributed by atoms with Crippen LogP contribution in [0.3, 0.4) is 0 Å². The number of aryl methyl sites for hydroxylation is 2. The largest absolute Gasteiger partial charge is 0.507 e. The molecule has 4 aliphatic carbocycles. The van der Waals surface area contributed by atoms with Gasteiger partial charge in [-0.15, -0.1) is 0 Å². The second kappa shape index (κ2) is 8.06. The van der Waals surface area contributed by atoms with Crippen molar-refractivity contribution < 1.29 is 10.2 Å². The van der Waals surface area contributed by atoms with E-state index in [1.54, 1.807) is 12.4 Å². The van der Waals surface area contributed by atoms with Gasteiger partial charge in [-0.1, -0.05) is 6.07 Å². The van der Waals surface area contributed by atoms with Crippen molar-refractivity contribution in [1.29, 1.82) is 0 Å². The van der Waals surface area contributed by atoms with Crippen molar-refractivity contribution in [3.05, 3.63) is 80.9 Å². The lowest BCUT2D eigenvalue weighted by Gasteiger charge is -2.16. The van der Waals surface area contributed by atoms with E-state index in [2.05, 4.69) is 25.1 Å². The van der Waals surface area contributed by atoms with E-state index in [1.165, 1.54) is 60.8 Å². The van der Waals surface area contributed by atoms with Crippen LogP contribution in [0.1, 0.15) is 107 Å². The first-order chi connectivity index (χ1) is 17.4. The van der Waals surface area contributed by atoms with Gasteiger partial charge in [0.15, 0.2) is 0 Å². The van der Waals surface area contributed by atoms with E-state index in [-0.39, 0.29) is 0 Å². The van der Waals surface area contributed by atoms with Gasteiger partial charge >= 0.3 is 0 Å². The van der Waals surface area contributed by atoms with Crippen LogP contribution in [0.4, 0.5) is 11.4 Å². The lowest BCUT2D eigenvalue weighted by atomic mass is 9.90. The Bertz CT molecular complexity index is 1470. The van der Waals surface area contributed by atoms with Crippen molar-refractivity contribution in [2.75, 3.05) is 0 Å². The monoisotopic (exact) mass is 476 g/mol. The van der Waals surface area contributed by atoms with E-state index in [0.29, 0.717) is 35.2 Å². The van der Waals surface area contributed by atoms with Crippen LogP contribution in [0, 0.1) is 13.8 Å². The van der Waals surface area contributed by atoms with E-state index in [1.807, 2.05) is 25.1 Å². The Kier molecular flexibility index (Phi) is 4.89. The molecule has 0 aromatic heterocycles. The normalized spacial score (nSPS) is 25.4. The number of phenols is 2. The summed E-state index contributed by atoms with van der Waals surface area (Å²) < 4.78 is 0. The predicted octanol–water partition coefficient (Wildman–Crippen LogP) is 7.95. The molecule has 0 radical (unpaired) electrons. The zero-order chi connectivity index (χ0) is 24.6. The summed E-state index contributed by atoms with van der Waals surface area (Å²) in [5.74, 6) is 3.11. The second-order valence-electron chi connectivity index (χ2n) is 11.5. The lowest BCUT2D eigenvalue weighted by Crippen LogP contribution is -1.99. The molecule has 3 aromatic rings. The molecule has 4 heteroatoms. The molecule has 0 amide bonds. The molecule has 4 atom stereocenters. The van der Waals surface area contributed by atoms with Gasteiger partial charge in [0.1, 0.15) is 11.5 Å². The molecule has 3 aromatic carbocycles. The van der Waals surface area contributed by atoms with Gasteiger partial charge in [-0.3, -0.25) is 9.98 Å². The van der Waals surface area contributed by atoms with Crippen molar-refractivity contribution in [2.45, 2.75) is 76.0 Å². The number of nitrogens with zero attached hydrogens (tertiary/aromatic N) is 2. The van der Waals surface area contributed by atoms with Crippen molar-refractivity contribution in [2.24, 2.45) is 9.98 Å². The average molecular weight is 477 g/mol. The number of hydrogen-bond acceptors (Lipinski definition) is 4. The van der Waals surface area contributed by atoms with Gasteiger partial charge < -0.3 is 10.2 Å². The van der Waals surface area contributed by atoms with Crippen LogP contribution in [0.2, 0.25) is 0 Å². The maximum absolute atomic E-state index is 10.7. The van der Waals surface area contributed by atoms with Gasteiger partial charge in [-0.2, -0.15) is 0 Å². The molecule has 36 heavy (non-hydrogen) atoms. The minimum atomic E-state index is 0.303. The Balaban J connectivity index is 1.23. The molecule has 4 nitrogen and oxygen atoms in total. The number of hydrogen-bond donors (Lipinski definition) is 2. The van der Waals surface area contributed by atoms with Crippen LogP contribution in [-0.2, 0) is 0 Å². The molecule has 0 saturated heterocycles. The Labute approximate surface area is 212 Å². The zero-order valence-electron chi connectivity index (χ0n) is 21.0. The van der Waals surface area contributed by atoms with E-state index >= 15 is 0 Å². The van der Waals surface area contributed by atoms with Gasteiger partial charge in [0, 0.05) is 23.6 Å². The van der Waals surface area contributed by atoms with Crippen LogP contribution in [-0.4, -0.2) is 22.6 Å². The fourth-order valence-corrected chi connectivity index (χ4v) is 7.47. The molecule has 4 unspecified atom stereocenters. The highest BCUT2D eigenvalue weighted by molar-refractivity contribution is 5.91. The molecule has 0 aliphatic heterocycles. The third kappa shape index (κ3) is 3.42. The van der Waals surface area contributed by atoms with Gasteiger partial charge in [0.05, 0.1) is 11.4 Å². The topological polar surface area (TPSA) is 65.2 Å². The van der Waals surface area contributed by atoms with Crippen LogP contribution < -0.4 is 0 Å². The first-order valence-electron chi connectivity index (χ1n) is 13.4. The SMILES string of the molecule is Cc1cc(C)c(N=Cc2cc3c(cc2O)C2CCC3C2)c(N=Cc2cc3c(cc2O)C2CCC3C2)c1. The van der Waals surface area contributed by atoms with Gasteiger partial charge in [0.2, 0.25) is 0 Å². The molecule has 4 bridgehead atoms. The smallest absolute Gasteiger partial charge is 0.124 e. The number of phenolic OH excluding ortho intramolecular Hbond substituents is 2. The average Bonchev–Trinajstić information content (AvgIpc) is 3.64. The first-order valence-corrected chi connectivity index (χ1v) is 13.4. The maximum atomic E-state index is 10.7. The Morgan fingerprint density at radius 2 is 1.11 bits per heavy atom. The molecule has 0 heterocycles.